The van der Waals surface area contributed by atoms with Crippen molar-refractivity contribution in [3.05, 3.63) is 12.2 Å². The summed E-state index contributed by atoms with van der Waals surface area (Å²) in [4.78, 5) is 37.3. The van der Waals surface area contributed by atoms with E-state index in [9.17, 15) is 14.4 Å². The van der Waals surface area contributed by atoms with E-state index in [0.29, 0.717) is 5.92 Å². The first kappa shape index (κ1) is 25.2. The number of hydrogen-bond acceptors (Lipinski definition) is 7. The quantitative estimate of drug-likeness (QED) is 0.321. The fourth-order valence-corrected chi connectivity index (χ4v) is 7.43. The van der Waals surface area contributed by atoms with Crippen molar-refractivity contribution in [1.82, 2.24) is 0 Å². The Morgan fingerprint density at radius 3 is 2.53 bits per heavy atom. The number of esters is 3. The van der Waals surface area contributed by atoms with Crippen LogP contribution in [-0.2, 0) is 33.3 Å². The highest BCUT2D eigenvalue weighted by Gasteiger charge is 2.68. The Morgan fingerprint density at radius 1 is 1.18 bits per heavy atom. The molecule has 2 saturated carbocycles. The Kier molecular flexibility index (Phi) is 6.64. The van der Waals surface area contributed by atoms with Crippen LogP contribution < -0.4 is 0 Å². The standard InChI is InChI=1S/C27H40O7/c1-14(2)13-18(29)32-24-19-21(25(34-24)33-23(30)22(19)31-16(4)28)27(7)12-10-17-20(27)15(3)9-8-11-26(17,5)6/h14,17,19-22,24-25H,3,8-13H2,1-2,4-7H3/t17-,19+,20-,21+,22?,24-,25-,27-/m1/s1. The van der Waals surface area contributed by atoms with Crippen LogP contribution in [-0.4, -0.2) is 36.6 Å². The zero-order chi connectivity index (χ0) is 25.0. The van der Waals surface area contributed by atoms with Crippen LogP contribution in [0.5, 0.6) is 0 Å². The van der Waals surface area contributed by atoms with Gasteiger partial charge in [0.25, 0.3) is 0 Å². The molecule has 0 aromatic carbocycles. The van der Waals surface area contributed by atoms with Crippen molar-refractivity contribution in [3.8, 4) is 0 Å². The zero-order valence-electron chi connectivity index (χ0n) is 21.4. The smallest absolute Gasteiger partial charge is 0.350 e. The van der Waals surface area contributed by atoms with Crippen molar-refractivity contribution in [3.63, 3.8) is 0 Å². The van der Waals surface area contributed by atoms with E-state index in [4.69, 9.17) is 18.9 Å². The molecule has 0 aromatic rings. The molecule has 2 bridgehead atoms. The molecule has 7 heteroatoms. The molecule has 4 rings (SSSR count). The third-order valence-electron chi connectivity index (χ3n) is 8.85. The topological polar surface area (TPSA) is 88.1 Å². The molecule has 0 aromatic heterocycles. The minimum atomic E-state index is -1.17. The molecule has 0 N–H and O–H groups in total. The molecule has 7 nitrogen and oxygen atoms in total. The van der Waals surface area contributed by atoms with Gasteiger partial charge in [-0.25, -0.2) is 4.79 Å². The molecule has 0 radical (unpaired) electrons. The van der Waals surface area contributed by atoms with Gasteiger partial charge in [-0.2, -0.15) is 0 Å². The monoisotopic (exact) mass is 476 g/mol. The lowest BCUT2D eigenvalue weighted by atomic mass is 9.58. The van der Waals surface area contributed by atoms with Crippen molar-refractivity contribution in [2.45, 2.75) is 98.8 Å². The van der Waals surface area contributed by atoms with Gasteiger partial charge < -0.3 is 18.9 Å². The van der Waals surface area contributed by atoms with Crippen LogP contribution >= 0.6 is 0 Å². The van der Waals surface area contributed by atoms with Gasteiger partial charge in [-0.05, 0) is 60.7 Å². The second-order valence-corrected chi connectivity index (χ2v) is 12.2. The van der Waals surface area contributed by atoms with Crippen LogP contribution in [0.15, 0.2) is 12.2 Å². The van der Waals surface area contributed by atoms with Crippen LogP contribution in [0.2, 0.25) is 0 Å². The highest BCUT2D eigenvalue weighted by Crippen LogP contribution is 2.66. The van der Waals surface area contributed by atoms with E-state index >= 15 is 0 Å². The first-order valence-electron chi connectivity index (χ1n) is 12.8. The van der Waals surface area contributed by atoms with E-state index in [1.54, 1.807) is 0 Å². The van der Waals surface area contributed by atoms with Gasteiger partial charge in [0.1, 0.15) is 0 Å². The van der Waals surface area contributed by atoms with Crippen molar-refractivity contribution in [2.75, 3.05) is 0 Å². The van der Waals surface area contributed by atoms with Crippen molar-refractivity contribution in [1.29, 1.82) is 0 Å². The molecule has 2 aliphatic carbocycles. The largest absolute Gasteiger partial charge is 0.450 e. The van der Waals surface area contributed by atoms with Crippen molar-refractivity contribution >= 4 is 17.9 Å². The van der Waals surface area contributed by atoms with Crippen LogP contribution in [0, 0.1) is 40.4 Å². The van der Waals surface area contributed by atoms with Crippen LogP contribution in [0.4, 0.5) is 0 Å². The first-order chi connectivity index (χ1) is 15.8. The molecule has 4 fully saturated rings. The minimum Gasteiger partial charge on any atom is -0.450 e. The van der Waals surface area contributed by atoms with Gasteiger partial charge in [0.05, 0.1) is 5.92 Å². The Bertz CT molecular complexity index is 861. The molecule has 34 heavy (non-hydrogen) atoms. The van der Waals surface area contributed by atoms with Gasteiger partial charge in [0.2, 0.25) is 18.7 Å². The predicted octanol–water partition coefficient (Wildman–Crippen LogP) is 4.78. The summed E-state index contributed by atoms with van der Waals surface area (Å²) in [7, 11) is 0. The predicted molar refractivity (Wildman–Crippen MR) is 124 cm³/mol. The zero-order valence-corrected chi connectivity index (χ0v) is 21.4. The Morgan fingerprint density at radius 2 is 1.88 bits per heavy atom. The number of carbonyl (C=O) groups excluding carboxylic acids is 3. The molecule has 190 valence electrons. The number of rotatable bonds is 5. The average Bonchev–Trinajstić information content (AvgIpc) is 3.16. The van der Waals surface area contributed by atoms with E-state index in [0.717, 1.165) is 32.1 Å². The van der Waals surface area contributed by atoms with E-state index in [2.05, 4.69) is 27.4 Å². The Hall–Kier alpha value is -1.89. The highest BCUT2D eigenvalue weighted by molar-refractivity contribution is 5.80. The third-order valence-corrected chi connectivity index (χ3v) is 8.85. The van der Waals surface area contributed by atoms with Crippen LogP contribution in [0.1, 0.15) is 80.1 Å². The molecule has 0 amide bonds. The Balaban J connectivity index is 1.72. The third kappa shape index (κ3) is 4.29. The van der Waals surface area contributed by atoms with Gasteiger partial charge >= 0.3 is 17.9 Å². The first-order valence-corrected chi connectivity index (χ1v) is 12.8. The van der Waals surface area contributed by atoms with Gasteiger partial charge in [-0.3, -0.25) is 9.59 Å². The van der Waals surface area contributed by atoms with Crippen LogP contribution in [0.25, 0.3) is 0 Å². The SMILES string of the molecule is C=C1CCCC(C)(C)[C@@H]2CC[C@@](C)([C@@H]3[C@@H]4OC(=O)C(OC(C)=O)[C@H]3[C@H](OC(=O)CC(C)C)O4)[C@H]12. The fourth-order valence-electron chi connectivity index (χ4n) is 7.43. The molecule has 4 aliphatic rings. The highest BCUT2D eigenvalue weighted by atomic mass is 16.8. The second kappa shape index (κ2) is 8.96. The maximum absolute atomic E-state index is 12.8. The summed E-state index contributed by atoms with van der Waals surface area (Å²) >= 11 is 0. The van der Waals surface area contributed by atoms with Crippen LogP contribution in [0.3, 0.4) is 0 Å². The normalized spacial score (nSPS) is 41.0. The molecule has 1 unspecified atom stereocenters. The number of fused-ring (bicyclic) bond motifs is 3. The molecule has 2 heterocycles. The lowest BCUT2D eigenvalue weighted by molar-refractivity contribution is -0.219. The van der Waals surface area contributed by atoms with E-state index in [-0.39, 0.29) is 35.0 Å². The fraction of sp³-hybridized carbons (Fsp3) is 0.815. The molecule has 2 saturated heterocycles. The summed E-state index contributed by atoms with van der Waals surface area (Å²) in [5.41, 5.74) is 1.12. The van der Waals surface area contributed by atoms with Gasteiger partial charge in [0.15, 0.2) is 0 Å². The summed E-state index contributed by atoms with van der Waals surface area (Å²) < 4.78 is 23.0. The molecular weight excluding hydrogens is 436 g/mol. The number of allylic oxidation sites excluding steroid dienone is 1. The molecule has 2 aliphatic heterocycles. The van der Waals surface area contributed by atoms with Gasteiger partial charge in [-0.1, -0.05) is 46.8 Å². The lowest BCUT2D eigenvalue weighted by Gasteiger charge is -2.47. The Labute approximate surface area is 202 Å². The molecule has 0 spiro atoms. The minimum absolute atomic E-state index is 0.121. The van der Waals surface area contributed by atoms with E-state index in [1.165, 1.54) is 12.5 Å². The number of hydrogen-bond donors (Lipinski definition) is 0. The van der Waals surface area contributed by atoms with Gasteiger partial charge in [-0.15, -0.1) is 0 Å². The lowest BCUT2D eigenvalue weighted by Crippen LogP contribution is -2.54. The maximum atomic E-state index is 12.8. The molecule has 8 atom stereocenters. The number of carbonyl (C=O) groups is 3. The van der Waals surface area contributed by atoms with Gasteiger partial charge in [0, 0.05) is 19.3 Å². The summed E-state index contributed by atoms with van der Waals surface area (Å²) in [6.45, 7) is 16.6. The van der Waals surface area contributed by atoms with E-state index < -0.39 is 42.5 Å². The maximum Gasteiger partial charge on any atom is 0.350 e. The average molecular weight is 477 g/mol. The summed E-state index contributed by atoms with van der Waals surface area (Å²) in [6.07, 6.45) is 2.44. The summed E-state index contributed by atoms with van der Waals surface area (Å²) in [5.74, 6) is -1.69. The second-order valence-electron chi connectivity index (χ2n) is 12.2. The summed E-state index contributed by atoms with van der Waals surface area (Å²) in [5, 5.41) is 0. The molecular formula is C27H40O7. The van der Waals surface area contributed by atoms with Crippen molar-refractivity contribution < 1.29 is 33.3 Å². The number of ether oxygens (including phenoxy) is 4. The summed E-state index contributed by atoms with van der Waals surface area (Å²) in [6, 6.07) is 0. The van der Waals surface area contributed by atoms with E-state index in [1.807, 2.05) is 13.8 Å². The van der Waals surface area contributed by atoms with Crippen molar-refractivity contribution in [2.24, 2.45) is 40.4 Å².